The molecule has 16 heavy (non-hydrogen) atoms. The van der Waals surface area contributed by atoms with Gasteiger partial charge in [0.25, 0.3) is 0 Å². The number of benzene rings is 1. The van der Waals surface area contributed by atoms with Gasteiger partial charge in [-0.05, 0) is 12.1 Å². The molecule has 0 atom stereocenters. The van der Waals surface area contributed by atoms with E-state index in [1.165, 1.54) is 17.9 Å². The Balaban J connectivity index is 2.53. The maximum Gasteiger partial charge on any atom is 0.356 e. The number of carbonyl (C=O) groups is 1. The van der Waals surface area contributed by atoms with Crippen molar-refractivity contribution in [1.29, 1.82) is 0 Å². The second-order valence-corrected chi connectivity index (χ2v) is 3.48. The molecule has 0 amide bonds. The van der Waals surface area contributed by atoms with Crippen molar-refractivity contribution in [2.45, 2.75) is 0 Å². The van der Waals surface area contributed by atoms with Gasteiger partial charge in [-0.15, -0.1) is 0 Å². The minimum Gasteiger partial charge on any atom is -0.464 e. The van der Waals surface area contributed by atoms with Crippen LogP contribution in [0, 0.1) is 0 Å². The zero-order chi connectivity index (χ0) is 11.5. The van der Waals surface area contributed by atoms with Crippen LogP contribution in [0.1, 0.15) is 10.5 Å². The quantitative estimate of drug-likeness (QED) is 0.752. The number of halogens is 1. The molecule has 2 rings (SSSR count). The number of hydrogen-bond donors (Lipinski definition) is 0. The van der Waals surface area contributed by atoms with E-state index in [4.69, 9.17) is 11.6 Å². The highest BCUT2D eigenvalue weighted by atomic mass is 35.5. The Kier molecular flexibility index (Phi) is 2.92. The Morgan fingerprint density at radius 1 is 1.38 bits per heavy atom. The molecule has 0 spiro atoms. The fourth-order valence-electron chi connectivity index (χ4n) is 1.37. The standard InChI is InChI=1S/C11H9ClN2O2/c1-16-11(15)9-7-10(12)13-14(9)8-5-3-2-4-6-8/h2-7H,1H3. The third kappa shape index (κ3) is 1.92. The summed E-state index contributed by atoms with van der Waals surface area (Å²) in [4.78, 5) is 11.5. The molecule has 0 saturated heterocycles. The van der Waals surface area contributed by atoms with E-state index in [1.807, 2.05) is 30.3 Å². The van der Waals surface area contributed by atoms with Crippen LogP contribution < -0.4 is 0 Å². The van der Waals surface area contributed by atoms with Crippen molar-refractivity contribution < 1.29 is 9.53 Å². The number of para-hydroxylation sites is 1. The van der Waals surface area contributed by atoms with Gasteiger partial charge >= 0.3 is 5.97 Å². The molecule has 0 aliphatic heterocycles. The Morgan fingerprint density at radius 3 is 2.69 bits per heavy atom. The van der Waals surface area contributed by atoms with Crippen molar-refractivity contribution in [1.82, 2.24) is 9.78 Å². The number of rotatable bonds is 2. The van der Waals surface area contributed by atoms with Gasteiger partial charge in [-0.3, -0.25) is 0 Å². The molecule has 82 valence electrons. The summed E-state index contributed by atoms with van der Waals surface area (Å²) in [6, 6.07) is 10.7. The summed E-state index contributed by atoms with van der Waals surface area (Å²) in [6.45, 7) is 0. The lowest BCUT2D eigenvalue weighted by molar-refractivity contribution is 0.0590. The molecular formula is C11H9ClN2O2. The van der Waals surface area contributed by atoms with E-state index < -0.39 is 5.97 Å². The van der Waals surface area contributed by atoms with Crippen molar-refractivity contribution >= 4 is 17.6 Å². The van der Waals surface area contributed by atoms with Gasteiger partial charge in [-0.1, -0.05) is 29.8 Å². The predicted molar refractivity (Wildman–Crippen MR) is 59.9 cm³/mol. The average molecular weight is 237 g/mol. The molecule has 0 aliphatic rings. The van der Waals surface area contributed by atoms with Crippen LogP contribution in [0.2, 0.25) is 5.15 Å². The van der Waals surface area contributed by atoms with Crippen LogP contribution in [0.4, 0.5) is 0 Å². The van der Waals surface area contributed by atoms with Gasteiger partial charge in [0.05, 0.1) is 12.8 Å². The third-order valence-electron chi connectivity index (χ3n) is 2.07. The van der Waals surface area contributed by atoms with Crippen molar-refractivity contribution in [3.05, 3.63) is 47.2 Å². The van der Waals surface area contributed by atoms with E-state index in [2.05, 4.69) is 9.84 Å². The molecule has 5 heteroatoms. The van der Waals surface area contributed by atoms with Gasteiger partial charge in [-0.25, -0.2) is 9.48 Å². The van der Waals surface area contributed by atoms with Crippen LogP contribution in [-0.4, -0.2) is 22.9 Å². The number of aromatic nitrogens is 2. The molecule has 0 aliphatic carbocycles. The van der Waals surface area contributed by atoms with Crippen LogP contribution in [0.15, 0.2) is 36.4 Å². The smallest absolute Gasteiger partial charge is 0.356 e. The first-order chi connectivity index (χ1) is 7.72. The highest BCUT2D eigenvalue weighted by molar-refractivity contribution is 6.29. The fraction of sp³-hybridized carbons (Fsp3) is 0.0909. The van der Waals surface area contributed by atoms with E-state index in [0.29, 0.717) is 5.69 Å². The van der Waals surface area contributed by atoms with Gasteiger partial charge < -0.3 is 4.74 Å². The number of hydrogen-bond acceptors (Lipinski definition) is 3. The second-order valence-electron chi connectivity index (χ2n) is 3.09. The van der Waals surface area contributed by atoms with Gasteiger partial charge in [-0.2, -0.15) is 5.10 Å². The summed E-state index contributed by atoms with van der Waals surface area (Å²) >= 11 is 5.78. The molecule has 1 aromatic heterocycles. The molecule has 1 aromatic carbocycles. The Bertz CT molecular complexity index is 508. The largest absolute Gasteiger partial charge is 0.464 e. The SMILES string of the molecule is COC(=O)c1cc(Cl)nn1-c1ccccc1. The summed E-state index contributed by atoms with van der Waals surface area (Å²) in [5.41, 5.74) is 1.06. The number of methoxy groups -OCH3 is 1. The Labute approximate surface area is 97.4 Å². The van der Waals surface area contributed by atoms with Crippen molar-refractivity contribution in [2.75, 3.05) is 7.11 Å². The lowest BCUT2D eigenvalue weighted by atomic mass is 10.3. The molecule has 0 radical (unpaired) electrons. The Hall–Kier alpha value is -1.81. The number of ether oxygens (including phenoxy) is 1. The highest BCUT2D eigenvalue weighted by Crippen LogP contribution is 2.16. The Morgan fingerprint density at radius 2 is 2.06 bits per heavy atom. The van der Waals surface area contributed by atoms with Crippen molar-refractivity contribution in [2.24, 2.45) is 0 Å². The average Bonchev–Trinajstić information content (AvgIpc) is 2.71. The van der Waals surface area contributed by atoms with Gasteiger partial charge in [0.15, 0.2) is 10.8 Å². The van der Waals surface area contributed by atoms with E-state index in [9.17, 15) is 4.79 Å². The van der Waals surface area contributed by atoms with Crippen LogP contribution >= 0.6 is 11.6 Å². The van der Waals surface area contributed by atoms with E-state index in [-0.39, 0.29) is 5.15 Å². The first-order valence-electron chi connectivity index (χ1n) is 4.61. The molecule has 0 unspecified atom stereocenters. The number of esters is 1. The predicted octanol–water partition coefficient (Wildman–Crippen LogP) is 2.31. The van der Waals surface area contributed by atoms with Gasteiger partial charge in [0.2, 0.25) is 0 Å². The minimum atomic E-state index is -0.469. The molecule has 0 N–H and O–H groups in total. The molecule has 2 aromatic rings. The molecule has 1 heterocycles. The van der Waals surface area contributed by atoms with Crippen molar-refractivity contribution in [3.8, 4) is 5.69 Å². The summed E-state index contributed by atoms with van der Waals surface area (Å²) in [7, 11) is 1.32. The van der Waals surface area contributed by atoms with E-state index >= 15 is 0 Å². The fourth-order valence-corrected chi connectivity index (χ4v) is 1.55. The topological polar surface area (TPSA) is 44.1 Å². The maximum atomic E-state index is 11.5. The summed E-state index contributed by atoms with van der Waals surface area (Å²) < 4.78 is 6.11. The molecule has 4 nitrogen and oxygen atoms in total. The number of carbonyl (C=O) groups excluding carboxylic acids is 1. The van der Waals surface area contributed by atoms with E-state index in [1.54, 1.807) is 0 Å². The van der Waals surface area contributed by atoms with Gasteiger partial charge in [0, 0.05) is 6.07 Å². The monoisotopic (exact) mass is 236 g/mol. The second kappa shape index (κ2) is 4.37. The zero-order valence-electron chi connectivity index (χ0n) is 8.55. The lowest BCUT2D eigenvalue weighted by Crippen LogP contribution is -2.09. The van der Waals surface area contributed by atoms with Crippen LogP contribution in [0.25, 0.3) is 5.69 Å². The van der Waals surface area contributed by atoms with Crippen LogP contribution in [0.3, 0.4) is 0 Å². The van der Waals surface area contributed by atoms with Crippen LogP contribution in [-0.2, 0) is 4.74 Å². The minimum absolute atomic E-state index is 0.254. The van der Waals surface area contributed by atoms with Gasteiger partial charge in [0.1, 0.15) is 0 Å². The first-order valence-corrected chi connectivity index (χ1v) is 4.99. The summed E-state index contributed by atoms with van der Waals surface area (Å²) in [5, 5.41) is 4.29. The normalized spacial score (nSPS) is 10.1. The molecule has 0 fully saturated rings. The lowest BCUT2D eigenvalue weighted by Gasteiger charge is -2.04. The number of nitrogens with zero attached hydrogens (tertiary/aromatic N) is 2. The zero-order valence-corrected chi connectivity index (χ0v) is 9.31. The third-order valence-corrected chi connectivity index (χ3v) is 2.26. The highest BCUT2D eigenvalue weighted by Gasteiger charge is 2.15. The first kappa shape index (κ1) is 10.7. The molecular weight excluding hydrogens is 228 g/mol. The maximum absolute atomic E-state index is 11.5. The molecule has 0 saturated carbocycles. The molecule has 0 bridgehead atoms. The van der Waals surface area contributed by atoms with Crippen molar-refractivity contribution in [3.63, 3.8) is 0 Å². The summed E-state index contributed by atoms with van der Waals surface area (Å²) in [6.07, 6.45) is 0. The summed E-state index contributed by atoms with van der Waals surface area (Å²) in [5.74, 6) is -0.469. The van der Waals surface area contributed by atoms with E-state index in [0.717, 1.165) is 5.69 Å². The van der Waals surface area contributed by atoms with Crippen LogP contribution in [0.5, 0.6) is 0 Å².